The zero-order chi connectivity index (χ0) is 46.4. The zero-order valence-electron chi connectivity index (χ0n) is 40.8. The van der Waals surface area contributed by atoms with Crippen molar-refractivity contribution >= 4 is 13.7 Å². The second kappa shape index (κ2) is 44.4. The van der Waals surface area contributed by atoms with Crippen LogP contribution in [0.4, 0.5) is 0 Å². The number of phosphoric ester groups is 1. The Morgan fingerprint density at radius 2 is 0.937 bits per heavy atom. The molecule has 8 nitrogen and oxygen atoms in total. The van der Waals surface area contributed by atoms with Gasteiger partial charge in [-0.2, -0.15) is 0 Å². The summed E-state index contributed by atoms with van der Waals surface area (Å²) in [6.45, 7) is 4.70. The molecule has 0 saturated heterocycles. The molecule has 9 heteroatoms. The Balaban J connectivity index is 4.37. The van der Waals surface area contributed by atoms with Gasteiger partial charge in [0.2, 0.25) is 5.91 Å². The predicted octanol–water partition coefficient (Wildman–Crippen LogP) is 14.5. The number of nitrogens with one attached hydrogen (secondary N) is 1. The van der Waals surface area contributed by atoms with E-state index in [1.54, 1.807) is 0 Å². The van der Waals surface area contributed by atoms with Gasteiger partial charge in [0.15, 0.2) is 0 Å². The molecule has 0 fully saturated rings. The van der Waals surface area contributed by atoms with Gasteiger partial charge in [-0.3, -0.25) is 13.8 Å². The number of hydrogen-bond donors (Lipinski definition) is 3. The molecule has 0 aliphatic rings. The van der Waals surface area contributed by atoms with E-state index in [1.165, 1.54) is 57.8 Å². The number of amides is 1. The summed E-state index contributed by atoms with van der Waals surface area (Å²) in [6.07, 6.45) is 64.2. The number of likely N-dealkylation sites (N-methyl/N-ethyl adjacent to an activating group) is 1. The Morgan fingerprint density at radius 3 is 1.33 bits per heavy atom. The van der Waals surface area contributed by atoms with Gasteiger partial charge in [-0.1, -0.05) is 200 Å². The first-order valence-corrected chi connectivity index (χ1v) is 26.2. The number of quaternary nitrogens is 1. The number of hydrogen-bond acceptors (Lipinski definition) is 5. The molecule has 360 valence electrons. The summed E-state index contributed by atoms with van der Waals surface area (Å²) in [4.78, 5) is 23.2. The zero-order valence-corrected chi connectivity index (χ0v) is 41.7. The SMILES string of the molecule is CC/C=C\C/C=C\C/C=C\C/C=C\C/C=C\C/C=C\C/C=C\C/C=C\C/C=C\CCCC(=O)NC(COP(=O)(O)OCC[N+](C)(C)C)C(O)CCCCCCCCCCCCCC. The average Bonchev–Trinajstić information content (AvgIpc) is 3.24. The van der Waals surface area contributed by atoms with Gasteiger partial charge in [-0.15, -0.1) is 0 Å². The first-order valence-electron chi connectivity index (χ1n) is 24.8. The molecule has 0 aliphatic heterocycles. The molecule has 1 amide bonds. The molecule has 0 aromatic heterocycles. The maximum absolute atomic E-state index is 12.9. The highest BCUT2D eigenvalue weighted by Gasteiger charge is 2.28. The molecule has 3 unspecified atom stereocenters. The molecule has 0 saturated carbocycles. The highest BCUT2D eigenvalue weighted by atomic mass is 31.2. The van der Waals surface area contributed by atoms with Crippen molar-refractivity contribution in [3.05, 3.63) is 109 Å². The first-order chi connectivity index (χ1) is 30.5. The van der Waals surface area contributed by atoms with Gasteiger partial charge in [0.1, 0.15) is 13.2 Å². The fourth-order valence-electron chi connectivity index (χ4n) is 6.40. The molecule has 0 heterocycles. The predicted molar refractivity (Wildman–Crippen MR) is 272 cm³/mol. The molecule has 63 heavy (non-hydrogen) atoms. The highest BCUT2D eigenvalue weighted by molar-refractivity contribution is 7.47. The van der Waals surface area contributed by atoms with E-state index >= 15 is 0 Å². The summed E-state index contributed by atoms with van der Waals surface area (Å²) in [6, 6.07) is -0.798. The van der Waals surface area contributed by atoms with Crippen molar-refractivity contribution in [2.45, 2.75) is 187 Å². The molecule has 0 aliphatic carbocycles. The van der Waals surface area contributed by atoms with Crippen LogP contribution in [-0.4, -0.2) is 73.4 Å². The number of phosphoric acid groups is 1. The van der Waals surface area contributed by atoms with Crippen LogP contribution in [0.2, 0.25) is 0 Å². The van der Waals surface area contributed by atoms with Crippen LogP contribution in [0.3, 0.4) is 0 Å². The summed E-state index contributed by atoms with van der Waals surface area (Å²) in [7, 11) is 1.56. The molecule has 0 aromatic rings. The lowest BCUT2D eigenvalue weighted by Crippen LogP contribution is -2.46. The summed E-state index contributed by atoms with van der Waals surface area (Å²) in [5.74, 6) is -0.208. The molecule has 3 atom stereocenters. The van der Waals surface area contributed by atoms with Gasteiger partial charge >= 0.3 is 7.82 Å². The minimum atomic E-state index is -4.34. The largest absolute Gasteiger partial charge is 0.472 e. The number of aliphatic hydroxyl groups is 1. The molecule has 0 spiro atoms. The normalized spacial score (nSPS) is 15.1. The Labute approximate surface area is 387 Å². The van der Waals surface area contributed by atoms with Crippen molar-refractivity contribution in [2.24, 2.45) is 0 Å². The Bertz CT molecular complexity index is 1390. The van der Waals surface area contributed by atoms with Crippen LogP contribution in [0.1, 0.15) is 174 Å². The number of allylic oxidation sites excluding steroid dienone is 18. The Morgan fingerprint density at radius 1 is 0.556 bits per heavy atom. The van der Waals surface area contributed by atoms with Crippen LogP contribution in [0.5, 0.6) is 0 Å². The lowest BCUT2D eigenvalue weighted by molar-refractivity contribution is -0.870. The van der Waals surface area contributed by atoms with E-state index in [4.69, 9.17) is 9.05 Å². The maximum atomic E-state index is 12.9. The second-order valence-corrected chi connectivity index (χ2v) is 18.9. The fourth-order valence-corrected chi connectivity index (χ4v) is 7.13. The van der Waals surface area contributed by atoms with E-state index in [0.29, 0.717) is 30.3 Å². The van der Waals surface area contributed by atoms with E-state index in [9.17, 15) is 19.4 Å². The van der Waals surface area contributed by atoms with Crippen molar-refractivity contribution in [1.82, 2.24) is 5.32 Å². The lowest BCUT2D eigenvalue weighted by Gasteiger charge is -2.26. The third kappa shape index (κ3) is 47.0. The minimum absolute atomic E-state index is 0.0573. The monoisotopic (exact) mass is 898 g/mol. The smallest absolute Gasteiger partial charge is 0.391 e. The topological polar surface area (TPSA) is 105 Å². The summed E-state index contributed by atoms with van der Waals surface area (Å²) in [5, 5.41) is 13.9. The number of aliphatic hydroxyl groups excluding tert-OH is 1. The van der Waals surface area contributed by atoms with Crippen LogP contribution in [0, 0.1) is 0 Å². The van der Waals surface area contributed by atoms with Crippen LogP contribution in [0.15, 0.2) is 109 Å². The van der Waals surface area contributed by atoms with E-state index in [0.717, 1.165) is 83.5 Å². The molecule has 0 radical (unpaired) electrons. The van der Waals surface area contributed by atoms with Crippen molar-refractivity contribution in [2.75, 3.05) is 40.9 Å². The quantitative estimate of drug-likeness (QED) is 0.0244. The third-order valence-electron chi connectivity index (χ3n) is 10.3. The van der Waals surface area contributed by atoms with Gasteiger partial charge in [0.25, 0.3) is 0 Å². The molecule has 0 bridgehead atoms. The van der Waals surface area contributed by atoms with Gasteiger partial charge in [0.05, 0.1) is 39.9 Å². The summed E-state index contributed by atoms with van der Waals surface area (Å²) < 4.78 is 23.6. The number of rotatable bonds is 43. The summed E-state index contributed by atoms with van der Waals surface area (Å²) in [5.41, 5.74) is 0. The number of carbonyl (C=O) groups is 1. The Hall–Kier alpha value is -2.84. The van der Waals surface area contributed by atoms with Gasteiger partial charge in [0, 0.05) is 6.42 Å². The van der Waals surface area contributed by atoms with Crippen LogP contribution in [0.25, 0.3) is 0 Å². The van der Waals surface area contributed by atoms with Crippen LogP contribution < -0.4 is 5.32 Å². The van der Waals surface area contributed by atoms with E-state index < -0.39 is 20.0 Å². The second-order valence-electron chi connectivity index (χ2n) is 17.5. The van der Waals surface area contributed by atoms with Gasteiger partial charge in [-0.05, 0) is 77.0 Å². The van der Waals surface area contributed by atoms with Crippen LogP contribution >= 0.6 is 7.82 Å². The van der Waals surface area contributed by atoms with E-state index in [2.05, 4.69) is 129 Å². The molecular weight excluding hydrogens is 804 g/mol. The maximum Gasteiger partial charge on any atom is 0.472 e. The third-order valence-corrected chi connectivity index (χ3v) is 11.3. The highest BCUT2D eigenvalue weighted by Crippen LogP contribution is 2.43. The van der Waals surface area contributed by atoms with E-state index in [1.807, 2.05) is 21.1 Å². The first kappa shape index (κ1) is 60.2. The number of nitrogens with zero attached hydrogens (tertiary/aromatic N) is 1. The Kier molecular flexibility index (Phi) is 42.4. The minimum Gasteiger partial charge on any atom is -0.391 e. The fraction of sp³-hybridized carbons (Fsp3) is 0.648. The van der Waals surface area contributed by atoms with Crippen LogP contribution in [-0.2, 0) is 18.4 Å². The van der Waals surface area contributed by atoms with E-state index in [-0.39, 0.29) is 19.1 Å². The van der Waals surface area contributed by atoms with Crippen molar-refractivity contribution in [3.8, 4) is 0 Å². The molecule has 0 aromatic carbocycles. The number of unbranched alkanes of at least 4 members (excludes halogenated alkanes) is 12. The average molecular weight is 898 g/mol. The van der Waals surface area contributed by atoms with Crippen molar-refractivity contribution in [1.29, 1.82) is 0 Å². The van der Waals surface area contributed by atoms with Gasteiger partial charge in [-0.25, -0.2) is 4.57 Å². The number of carbonyl (C=O) groups excluding carboxylic acids is 1. The van der Waals surface area contributed by atoms with Crippen molar-refractivity contribution in [3.63, 3.8) is 0 Å². The lowest BCUT2D eigenvalue weighted by atomic mass is 10.0. The van der Waals surface area contributed by atoms with Gasteiger partial charge < -0.3 is 19.8 Å². The van der Waals surface area contributed by atoms with Crippen molar-refractivity contribution < 1.29 is 32.9 Å². The molecule has 3 N–H and O–H groups in total. The molecule has 0 rings (SSSR count). The molecular formula is C54H94N2O6P+. The standard InChI is InChI=1S/C54H93N2O6P/c1-6-8-10-12-14-16-18-20-21-22-23-24-25-26-27-28-29-30-31-32-33-34-35-36-38-40-42-44-46-48-54(58)55-52(51-62-63(59,60)61-50-49-56(3,4)5)53(57)47-45-43-41-39-37-19-17-15-13-11-9-7-2/h8,10,14,16,20-21,23-24,26-27,29-30,32-33,35-36,40,42,52-53,57H,6-7,9,11-13,15,17-19,22,25,28,31,34,37-39,41,43-51H2,1-5H3,(H-,55,58,59,60)/p+1/b10-8-,16-14-,21-20-,24-23-,27-26-,30-29-,33-32-,36-35-,42-40-. The summed E-state index contributed by atoms with van der Waals surface area (Å²) >= 11 is 0.